The molecule has 9 nitrogen and oxygen atoms in total. The van der Waals surface area contributed by atoms with Gasteiger partial charge in [-0.2, -0.15) is 0 Å². The highest BCUT2D eigenvalue weighted by atomic mass is 32.2. The number of ketones is 1. The Labute approximate surface area is 283 Å². The molecule has 0 bridgehead atoms. The number of imidazole rings is 1. The van der Waals surface area contributed by atoms with Gasteiger partial charge in [0, 0.05) is 11.9 Å². The molecule has 0 saturated carbocycles. The Kier molecular flexibility index (Phi) is 8.50. The number of carbonyl (C=O) groups is 2. The summed E-state index contributed by atoms with van der Waals surface area (Å²) in [5.41, 5.74) is 4.73. The zero-order valence-corrected chi connectivity index (χ0v) is 27.5. The first-order valence-corrected chi connectivity index (χ1v) is 16.8. The van der Waals surface area contributed by atoms with Gasteiger partial charge in [-0.05, 0) is 66.4 Å². The van der Waals surface area contributed by atoms with E-state index in [2.05, 4.69) is 15.2 Å². The molecular formula is C36H28FN5O4S2. The topological polar surface area (TPSA) is 110 Å². The van der Waals surface area contributed by atoms with Gasteiger partial charge in [-0.1, -0.05) is 83.8 Å². The van der Waals surface area contributed by atoms with Gasteiger partial charge in [0.2, 0.25) is 5.13 Å². The number of amides is 1. The number of pyridine rings is 1. The molecule has 1 unspecified atom stereocenters. The highest BCUT2D eigenvalue weighted by Crippen LogP contribution is 2.44. The van der Waals surface area contributed by atoms with Crippen LogP contribution in [0, 0.1) is 19.7 Å². The van der Waals surface area contributed by atoms with Crippen molar-refractivity contribution < 1.29 is 23.8 Å². The number of halogens is 1. The number of thioether (sulfide) groups is 1. The zero-order valence-electron chi connectivity index (χ0n) is 25.8. The minimum atomic E-state index is -1.01. The molecule has 1 atom stereocenters. The zero-order chi connectivity index (χ0) is 33.4. The van der Waals surface area contributed by atoms with Crippen molar-refractivity contribution in [2.45, 2.75) is 36.6 Å². The normalized spacial score (nSPS) is 15.8. The number of carbonyl (C=O) groups excluding carboxylic acids is 2. The Bertz CT molecular complexity index is 2180. The van der Waals surface area contributed by atoms with Crippen LogP contribution in [0.15, 0.2) is 107 Å². The Morgan fingerprint density at radius 2 is 1.69 bits per heavy atom. The van der Waals surface area contributed by atoms with E-state index in [1.165, 1.54) is 28.8 Å². The van der Waals surface area contributed by atoms with Gasteiger partial charge in [0.25, 0.3) is 5.78 Å². The Balaban J connectivity index is 1.26. The Morgan fingerprint density at radius 3 is 2.42 bits per heavy atom. The molecule has 48 heavy (non-hydrogen) atoms. The maximum Gasteiger partial charge on any atom is 0.301 e. The lowest BCUT2D eigenvalue weighted by Gasteiger charge is -2.22. The first-order valence-electron chi connectivity index (χ1n) is 15.0. The molecule has 0 aliphatic carbocycles. The van der Waals surface area contributed by atoms with E-state index < -0.39 is 17.7 Å². The number of aliphatic hydroxyl groups excluding tert-OH is 1. The fourth-order valence-electron chi connectivity index (χ4n) is 5.59. The number of nitrogens with zero attached hydrogens (tertiary/aromatic N) is 5. The largest absolute Gasteiger partial charge is 0.505 e. The van der Waals surface area contributed by atoms with Crippen LogP contribution in [-0.4, -0.2) is 36.4 Å². The highest BCUT2D eigenvalue weighted by Gasteiger charge is 2.49. The third kappa shape index (κ3) is 5.96. The first kappa shape index (κ1) is 31.3. The summed E-state index contributed by atoms with van der Waals surface area (Å²) in [7, 11) is 0. The van der Waals surface area contributed by atoms with E-state index in [0.29, 0.717) is 39.4 Å². The van der Waals surface area contributed by atoms with E-state index in [1.807, 2.05) is 60.0 Å². The summed E-state index contributed by atoms with van der Waals surface area (Å²) >= 11 is 2.54. The second-order valence-electron chi connectivity index (χ2n) is 11.2. The molecule has 3 aromatic heterocycles. The maximum atomic E-state index is 13.8. The maximum absolute atomic E-state index is 13.8. The van der Waals surface area contributed by atoms with Crippen LogP contribution in [0.4, 0.5) is 9.52 Å². The van der Waals surface area contributed by atoms with Crippen molar-refractivity contribution in [2.75, 3.05) is 4.90 Å². The predicted octanol–water partition coefficient (Wildman–Crippen LogP) is 7.44. The monoisotopic (exact) mass is 677 g/mol. The standard InChI is InChI=1S/C36H28FN5O4S2/c1-21-7-6-18-41-22(2)29(38-33(21)41)31(43)28-30(25-12-16-27(17-13-25)46-19-23-8-4-3-5-9-23)42(34(45)32(28)44)35-39-40-36(48-35)47-20-24-10-14-26(37)15-11-24/h3-18,30,43H,19-20H2,1-2H3. The predicted molar refractivity (Wildman–Crippen MR) is 183 cm³/mol. The molecule has 1 saturated heterocycles. The van der Waals surface area contributed by atoms with Crippen molar-refractivity contribution in [3.05, 3.63) is 142 Å². The Hall–Kier alpha value is -5.33. The second-order valence-corrected chi connectivity index (χ2v) is 13.4. The lowest BCUT2D eigenvalue weighted by Crippen LogP contribution is -2.29. The smallest absolute Gasteiger partial charge is 0.301 e. The Morgan fingerprint density at radius 1 is 0.938 bits per heavy atom. The van der Waals surface area contributed by atoms with E-state index in [4.69, 9.17) is 4.74 Å². The molecular weight excluding hydrogens is 650 g/mol. The number of Topliss-reactive ketones (excluding diaryl/α,β-unsaturated/α-hetero) is 1. The van der Waals surface area contributed by atoms with Gasteiger partial charge in [-0.15, -0.1) is 10.2 Å². The minimum Gasteiger partial charge on any atom is -0.505 e. The second kappa shape index (κ2) is 13.1. The van der Waals surface area contributed by atoms with Gasteiger partial charge in [0.05, 0.1) is 17.3 Å². The number of ether oxygens (including phenoxy) is 1. The van der Waals surface area contributed by atoms with Gasteiger partial charge in [-0.3, -0.25) is 14.5 Å². The molecule has 0 radical (unpaired) electrons. The SMILES string of the molecule is Cc1cccn2c(C)c(C(O)=C3C(=O)C(=O)N(c4nnc(SCc5ccc(F)cc5)s4)C3c3ccc(OCc4ccccc4)cc3)nc12. The van der Waals surface area contributed by atoms with Crippen LogP contribution in [0.1, 0.15) is 39.7 Å². The first-order chi connectivity index (χ1) is 23.3. The van der Waals surface area contributed by atoms with Crippen molar-refractivity contribution in [1.29, 1.82) is 0 Å². The van der Waals surface area contributed by atoms with Crippen molar-refractivity contribution in [1.82, 2.24) is 19.6 Å². The summed E-state index contributed by atoms with van der Waals surface area (Å²) in [6.07, 6.45) is 1.83. The van der Waals surface area contributed by atoms with Crippen LogP contribution in [0.25, 0.3) is 11.4 Å². The van der Waals surface area contributed by atoms with E-state index >= 15 is 0 Å². The summed E-state index contributed by atoms with van der Waals surface area (Å²) in [6, 6.07) is 25.8. The van der Waals surface area contributed by atoms with Crippen LogP contribution in [0.5, 0.6) is 5.75 Å². The molecule has 3 aromatic carbocycles. The quantitative estimate of drug-likeness (QED) is 0.0553. The molecule has 1 aliphatic heterocycles. The average Bonchev–Trinajstić information content (AvgIpc) is 3.79. The number of aromatic nitrogens is 4. The van der Waals surface area contributed by atoms with Gasteiger partial charge in [0.15, 0.2) is 10.1 Å². The van der Waals surface area contributed by atoms with Crippen LogP contribution in [0.3, 0.4) is 0 Å². The molecule has 1 fully saturated rings. The van der Waals surface area contributed by atoms with Crippen molar-refractivity contribution >= 4 is 51.3 Å². The molecule has 7 rings (SSSR count). The number of hydrogen-bond acceptors (Lipinski definition) is 9. The number of aliphatic hydroxyl groups is 1. The molecule has 1 aliphatic rings. The van der Waals surface area contributed by atoms with E-state index in [0.717, 1.165) is 28.0 Å². The number of anilines is 1. The summed E-state index contributed by atoms with van der Waals surface area (Å²) in [4.78, 5) is 33.5. The van der Waals surface area contributed by atoms with E-state index in [9.17, 15) is 19.1 Å². The minimum absolute atomic E-state index is 0.0992. The molecule has 4 heterocycles. The van der Waals surface area contributed by atoms with E-state index in [-0.39, 0.29) is 28.0 Å². The molecule has 240 valence electrons. The van der Waals surface area contributed by atoms with Crippen LogP contribution < -0.4 is 9.64 Å². The highest BCUT2D eigenvalue weighted by molar-refractivity contribution is 8.00. The van der Waals surface area contributed by atoms with Crippen LogP contribution in [-0.2, 0) is 21.9 Å². The lowest BCUT2D eigenvalue weighted by atomic mass is 9.96. The average molecular weight is 678 g/mol. The summed E-state index contributed by atoms with van der Waals surface area (Å²) in [6.45, 7) is 4.08. The third-order valence-electron chi connectivity index (χ3n) is 8.07. The number of fused-ring (bicyclic) bond motifs is 1. The third-order valence-corrected chi connectivity index (χ3v) is 10.2. The van der Waals surface area contributed by atoms with Crippen molar-refractivity contribution in [3.8, 4) is 5.75 Å². The molecule has 12 heteroatoms. The van der Waals surface area contributed by atoms with Crippen molar-refractivity contribution in [3.63, 3.8) is 0 Å². The fourth-order valence-corrected chi connectivity index (χ4v) is 7.41. The lowest BCUT2D eigenvalue weighted by molar-refractivity contribution is -0.132. The van der Waals surface area contributed by atoms with Crippen LogP contribution in [0.2, 0.25) is 0 Å². The molecule has 6 aromatic rings. The molecule has 1 amide bonds. The summed E-state index contributed by atoms with van der Waals surface area (Å²) in [5.74, 6) is -1.28. The number of benzene rings is 3. The molecule has 0 spiro atoms. The number of hydrogen-bond donors (Lipinski definition) is 1. The summed E-state index contributed by atoms with van der Waals surface area (Å²) < 4.78 is 21.7. The van der Waals surface area contributed by atoms with E-state index in [1.54, 1.807) is 43.3 Å². The van der Waals surface area contributed by atoms with Gasteiger partial charge in [0.1, 0.15) is 29.5 Å². The molecule has 1 N–H and O–H groups in total. The number of rotatable bonds is 9. The van der Waals surface area contributed by atoms with Crippen LogP contribution >= 0.6 is 23.1 Å². The van der Waals surface area contributed by atoms with Crippen molar-refractivity contribution in [2.24, 2.45) is 0 Å². The van der Waals surface area contributed by atoms with Gasteiger partial charge < -0.3 is 14.2 Å². The summed E-state index contributed by atoms with van der Waals surface area (Å²) in [5, 5.41) is 20.6. The van der Waals surface area contributed by atoms with Gasteiger partial charge >= 0.3 is 5.91 Å². The fraction of sp³-hybridized carbons (Fsp3) is 0.139. The number of aryl methyl sites for hydroxylation is 2. The van der Waals surface area contributed by atoms with Gasteiger partial charge in [-0.25, -0.2) is 9.37 Å².